The molecular weight excluding hydrogens is 296 g/mol. The number of β-amino-alcohol motifs (C(OH)–C–C–N with tert-alkyl or cyclic N) is 1. The van der Waals surface area contributed by atoms with Gasteiger partial charge in [-0.25, -0.2) is 9.97 Å². The molecule has 0 saturated carbocycles. The summed E-state index contributed by atoms with van der Waals surface area (Å²) in [7, 11) is 0. The van der Waals surface area contributed by atoms with Crippen molar-refractivity contribution in [2.24, 2.45) is 0 Å². The number of aliphatic hydroxyl groups is 1. The van der Waals surface area contributed by atoms with Gasteiger partial charge in [-0.3, -0.25) is 4.90 Å². The molecule has 0 radical (unpaired) electrons. The van der Waals surface area contributed by atoms with Crippen LogP contribution in [0.3, 0.4) is 0 Å². The highest BCUT2D eigenvalue weighted by Crippen LogP contribution is 2.12. The van der Waals surface area contributed by atoms with E-state index in [1.165, 1.54) is 0 Å². The zero-order valence-corrected chi connectivity index (χ0v) is 13.5. The van der Waals surface area contributed by atoms with Crippen LogP contribution in [0, 0.1) is 0 Å². The van der Waals surface area contributed by atoms with Crippen molar-refractivity contribution in [3.05, 3.63) is 18.5 Å². The highest BCUT2D eigenvalue weighted by atomic mass is 16.5. The number of nitrogens with zero attached hydrogens (tertiary/aromatic N) is 4. The molecule has 0 bridgehead atoms. The van der Waals surface area contributed by atoms with E-state index in [1.807, 2.05) is 6.07 Å². The van der Waals surface area contributed by atoms with Gasteiger partial charge in [-0.15, -0.1) is 0 Å². The summed E-state index contributed by atoms with van der Waals surface area (Å²) in [5.74, 6) is 0.785. The first-order chi connectivity index (χ1) is 11.3. The Morgan fingerprint density at radius 1 is 1.26 bits per heavy atom. The second-order valence-electron chi connectivity index (χ2n) is 6.16. The molecule has 2 aliphatic rings. The van der Waals surface area contributed by atoms with Gasteiger partial charge in [0.1, 0.15) is 0 Å². The molecule has 0 spiro atoms. The lowest BCUT2D eigenvalue weighted by molar-refractivity contribution is -0.0254. The Bertz CT molecular complexity index is 448. The summed E-state index contributed by atoms with van der Waals surface area (Å²) < 4.78 is 11.1. The van der Waals surface area contributed by atoms with Gasteiger partial charge >= 0.3 is 0 Å². The maximum absolute atomic E-state index is 10.1. The van der Waals surface area contributed by atoms with E-state index in [9.17, 15) is 5.11 Å². The topological polar surface area (TPSA) is 71.0 Å². The van der Waals surface area contributed by atoms with Crippen molar-refractivity contribution in [3.8, 4) is 0 Å². The van der Waals surface area contributed by atoms with Crippen LogP contribution in [0.25, 0.3) is 0 Å². The fourth-order valence-corrected chi connectivity index (χ4v) is 3.05. The van der Waals surface area contributed by atoms with Crippen LogP contribution in [-0.2, 0) is 9.47 Å². The lowest BCUT2D eigenvalue weighted by Crippen LogP contribution is -2.49. The molecule has 2 atom stereocenters. The molecule has 23 heavy (non-hydrogen) atoms. The van der Waals surface area contributed by atoms with Gasteiger partial charge in [0.25, 0.3) is 0 Å². The van der Waals surface area contributed by atoms with Crippen LogP contribution in [0.2, 0.25) is 0 Å². The molecule has 7 nitrogen and oxygen atoms in total. The molecule has 3 rings (SSSR count). The van der Waals surface area contributed by atoms with Gasteiger partial charge in [0.2, 0.25) is 5.95 Å². The van der Waals surface area contributed by atoms with E-state index in [1.54, 1.807) is 12.4 Å². The molecule has 1 aromatic rings. The summed E-state index contributed by atoms with van der Waals surface area (Å²) in [6.07, 6.45) is 5.49. The van der Waals surface area contributed by atoms with E-state index in [2.05, 4.69) is 19.8 Å². The SMILES string of the molecule is O[C@H](COC[C@H]1CCCO1)CN1CCN(c2ncccn2)CC1. The van der Waals surface area contributed by atoms with Gasteiger partial charge in [0.15, 0.2) is 0 Å². The van der Waals surface area contributed by atoms with Crippen LogP contribution in [-0.4, -0.2) is 84.7 Å². The molecule has 128 valence electrons. The predicted molar refractivity (Wildman–Crippen MR) is 86.5 cm³/mol. The Hall–Kier alpha value is -1.28. The molecule has 1 aromatic heterocycles. The van der Waals surface area contributed by atoms with Crippen molar-refractivity contribution < 1.29 is 14.6 Å². The number of rotatable bonds is 7. The number of aromatic nitrogens is 2. The number of aliphatic hydroxyl groups excluding tert-OH is 1. The molecule has 2 aliphatic heterocycles. The summed E-state index contributed by atoms with van der Waals surface area (Å²) in [5.41, 5.74) is 0. The van der Waals surface area contributed by atoms with E-state index < -0.39 is 6.10 Å². The first-order valence-corrected chi connectivity index (χ1v) is 8.43. The first kappa shape index (κ1) is 16.6. The third kappa shape index (κ3) is 5.10. The lowest BCUT2D eigenvalue weighted by atomic mass is 10.2. The van der Waals surface area contributed by atoms with E-state index >= 15 is 0 Å². The van der Waals surface area contributed by atoms with Crippen LogP contribution < -0.4 is 4.90 Å². The Morgan fingerprint density at radius 2 is 2.04 bits per heavy atom. The van der Waals surface area contributed by atoms with Gasteiger partial charge in [-0.05, 0) is 18.9 Å². The van der Waals surface area contributed by atoms with Crippen molar-refractivity contribution in [2.75, 3.05) is 57.4 Å². The van der Waals surface area contributed by atoms with E-state index in [0.717, 1.165) is 51.6 Å². The summed E-state index contributed by atoms with van der Waals surface area (Å²) in [4.78, 5) is 13.0. The second-order valence-corrected chi connectivity index (χ2v) is 6.16. The van der Waals surface area contributed by atoms with E-state index in [-0.39, 0.29) is 6.10 Å². The standard InChI is InChI=1S/C16H26N4O3/c21-14(12-22-13-15-3-1-10-23-15)11-19-6-8-20(9-7-19)16-17-4-2-5-18-16/h2,4-5,14-15,21H,1,3,6-13H2/t14-,15+/m0/s1. The number of piperazine rings is 1. The fourth-order valence-electron chi connectivity index (χ4n) is 3.05. The van der Waals surface area contributed by atoms with Crippen LogP contribution >= 0.6 is 0 Å². The van der Waals surface area contributed by atoms with Crippen LogP contribution in [0.15, 0.2) is 18.5 Å². The summed E-state index contributed by atoms with van der Waals surface area (Å²) >= 11 is 0. The Labute approximate surface area is 137 Å². The number of ether oxygens (including phenoxy) is 2. The highest BCUT2D eigenvalue weighted by Gasteiger charge is 2.21. The maximum Gasteiger partial charge on any atom is 0.225 e. The number of hydrogen-bond donors (Lipinski definition) is 1. The van der Waals surface area contributed by atoms with Crippen LogP contribution in [0.4, 0.5) is 5.95 Å². The van der Waals surface area contributed by atoms with Crippen LogP contribution in [0.1, 0.15) is 12.8 Å². The number of anilines is 1. The van der Waals surface area contributed by atoms with Gasteiger partial charge in [0, 0.05) is 51.7 Å². The minimum Gasteiger partial charge on any atom is -0.389 e. The van der Waals surface area contributed by atoms with Crippen molar-refractivity contribution in [1.29, 1.82) is 0 Å². The lowest BCUT2D eigenvalue weighted by Gasteiger charge is -2.35. The van der Waals surface area contributed by atoms with Crippen molar-refractivity contribution in [1.82, 2.24) is 14.9 Å². The molecular formula is C16H26N4O3. The smallest absolute Gasteiger partial charge is 0.225 e. The van der Waals surface area contributed by atoms with Crippen LogP contribution in [0.5, 0.6) is 0 Å². The average molecular weight is 322 g/mol. The van der Waals surface area contributed by atoms with Gasteiger partial charge in [-0.1, -0.05) is 0 Å². The third-order valence-electron chi connectivity index (χ3n) is 4.31. The Kier molecular flexibility index (Phi) is 6.15. The van der Waals surface area contributed by atoms with E-state index in [4.69, 9.17) is 9.47 Å². The quantitative estimate of drug-likeness (QED) is 0.766. The maximum atomic E-state index is 10.1. The van der Waals surface area contributed by atoms with Crippen molar-refractivity contribution >= 4 is 5.95 Å². The highest BCUT2D eigenvalue weighted by molar-refractivity contribution is 5.29. The number of hydrogen-bond acceptors (Lipinski definition) is 7. The molecule has 0 unspecified atom stereocenters. The fraction of sp³-hybridized carbons (Fsp3) is 0.750. The van der Waals surface area contributed by atoms with Gasteiger partial charge < -0.3 is 19.5 Å². The van der Waals surface area contributed by atoms with E-state index in [0.29, 0.717) is 19.8 Å². The molecule has 2 saturated heterocycles. The molecule has 2 fully saturated rings. The third-order valence-corrected chi connectivity index (χ3v) is 4.31. The average Bonchev–Trinajstić information content (AvgIpc) is 3.10. The second kappa shape index (κ2) is 8.54. The minimum absolute atomic E-state index is 0.219. The molecule has 3 heterocycles. The zero-order valence-electron chi connectivity index (χ0n) is 13.5. The molecule has 0 amide bonds. The zero-order chi connectivity index (χ0) is 15.9. The summed E-state index contributed by atoms with van der Waals surface area (Å²) in [5, 5.41) is 10.1. The van der Waals surface area contributed by atoms with Gasteiger partial charge in [0.05, 0.1) is 25.4 Å². The Morgan fingerprint density at radius 3 is 2.74 bits per heavy atom. The molecule has 1 N–H and O–H groups in total. The normalized spacial score (nSPS) is 24.0. The monoisotopic (exact) mass is 322 g/mol. The van der Waals surface area contributed by atoms with Gasteiger partial charge in [-0.2, -0.15) is 0 Å². The summed E-state index contributed by atoms with van der Waals surface area (Å²) in [6, 6.07) is 1.83. The molecule has 0 aliphatic carbocycles. The van der Waals surface area contributed by atoms with Crippen molar-refractivity contribution in [2.45, 2.75) is 25.0 Å². The first-order valence-electron chi connectivity index (χ1n) is 8.43. The summed E-state index contributed by atoms with van der Waals surface area (Å²) in [6.45, 7) is 6.03. The minimum atomic E-state index is -0.448. The molecule has 7 heteroatoms. The Balaban J connectivity index is 1.32. The van der Waals surface area contributed by atoms with Crippen molar-refractivity contribution in [3.63, 3.8) is 0 Å². The predicted octanol–water partition coefficient (Wildman–Crippen LogP) is 0.155. The largest absolute Gasteiger partial charge is 0.389 e. The molecule has 0 aromatic carbocycles.